The Bertz CT molecular complexity index is 942. The predicted octanol–water partition coefficient (Wildman–Crippen LogP) is 3.63. The van der Waals surface area contributed by atoms with E-state index in [2.05, 4.69) is 31.3 Å². The second-order valence-corrected chi connectivity index (χ2v) is 7.90. The van der Waals surface area contributed by atoms with Crippen molar-refractivity contribution in [3.8, 4) is 11.5 Å². The molecule has 0 amide bonds. The maximum atomic E-state index is 13.0. The van der Waals surface area contributed by atoms with Gasteiger partial charge in [0.05, 0.1) is 7.11 Å². The summed E-state index contributed by atoms with van der Waals surface area (Å²) in [5.41, 5.74) is 1.30. The van der Waals surface area contributed by atoms with Crippen LogP contribution in [0.25, 0.3) is 0 Å². The fraction of sp³-hybridized carbons (Fsp3) is 0.364. The fourth-order valence-corrected chi connectivity index (χ4v) is 4.11. The lowest BCUT2D eigenvalue weighted by Crippen LogP contribution is -2.47. The predicted molar refractivity (Wildman–Crippen MR) is 116 cm³/mol. The van der Waals surface area contributed by atoms with Gasteiger partial charge in [0.25, 0.3) is 0 Å². The first kappa shape index (κ1) is 20.6. The van der Waals surface area contributed by atoms with Crippen LogP contribution in [0.4, 0.5) is 9.52 Å². The van der Waals surface area contributed by atoms with Crippen LogP contribution in [-0.2, 0) is 13.0 Å². The van der Waals surface area contributed by atoms with Crippen LogP contribution in [-0.4, -0.2) is 54.1 Å². The number of methoxy groups -OCH3 is 1. The molecule has 2 aromatic carbocycles. The second-order valence-electron chi connectivity index (χ2n) is 7.17. The van der Waals surface area contributed by atoms with E-state index in [9.17, 15) is 4.39 Å². The smallest absolute Gasteiger partial charge is 0.205 e. The molecule has 0 saturated carbocycles. The van der Waals surface area contributed by atoms with Crippen molar-refractivity contribution in [3.05, 3.63) is 65.7 Å². The van der Waals surface area contributed by atoms with Crippen LogP contribution in [0.3, 0.4) is 0 Å². The summed E-state index contributed by atoms with van der Waals surface area (Å²) < 4.78 is 28.3. The molecule has 1 aliphatic rings. The van der Waals surface area contributed by atoms with Gasteiger partial charge in [-0.15, -0.1) is 0 Å². The van der Waals surface area contributed by atoms with Crippen LogP contribution in [0.1, 0.15) is 11.4 Å². The van der Waals surface area contributed by atoms with E-state index in [1.807, 2.05) is 12.1 Å². The highest BCUT2D eigenvalue weighted by Crippen LogP contribution is 2.21. The topological polar surface area (TPSA) is 50.7 Å². The van der Waals surface area contributed by atoms with Gasteiger partial charge in [-0.25, -0.2) is 4.39 Å². The monoisotopic (exact) mass is 428 g/mol. The molecule has 0 N–H and O–H groups in total. The highest BCUT2D eigenvalue weighted by Gasteiger charge is 2.20. The molecule has 8 heteroatoms. The average Bonchev–Trinajstić information content (AvgIpc) is 3.27. The number of aromatic nitrogens is 2. The molecule has 6 nitrogen and oxygen atoms in total. The first-order chi connectivity index (χ1) is 14.7. The SMILES string of the molecule is COc1cccc(CCN2CCN(c3nc(COc4ccc(F)cc4)ns3)CC2)c1. The van der Waals surface area contributed by atoms with Crippen LogP contribution < -0.4 is 14.4 Å². The van der Waals surface area contributed by atoms with Gasteiger partial charge < -0.3 is 14.4 Å². The van der Waals surface area contributed by atoms with Crippen molar-refractivity contribution in [3.63, 3.8) is 0 Å². The number of hydrogen-bond acceptors (Lipinski definition) is 7. The summed E-state index contributed by atoms with van der Waals surface area (Å²) in [5.74, 6) is 1.89. The molecule has 1 saturated heterocycles. The Morgan fingerprint density at radius 1 is 1.03 bits per heavy atom. The Balaban J connectivity index is 1.22. The first-order valence-electron chi connectivity index (χ1n) is 10.0. The number of nitrogens with zero attached hydrogens (tertiary/aromatic N) is 4. The van der Waals surface area contributed by atoms with E-state index < -0.39 is 0 Å². The molecule has 0 spiro atoms. The summed E-state index contributed by atoms with van der Waals surface area (Å²) >= 11 is 1.40. The molecule has 158 valence electrons. The van der Waals surface area contributed by atoms with Crippen molar-refractivity contribution in [2.75, 3.05) is 44.7 Å². The Hall–Kier alpha value is -2.71. The Morgan fingerprint density at radius 2 is 1.83 bits per heavy atom. The molecule has 0 bridgehead atoms. The maximum absolute atomic E-state index is 13.0. The minimum atomic E-state index is -0.279. The summed E-state index contributed by atoms with van der Waals surface area (Å²) in [5, 5.41) is 0.931. The standard InChI is InChI=1S/C22H25FN4O2S/c1-28-20-4-2-3-17(15-20)9-10-26-11-13-27(14-12-26)22-24-21(25-30-22)16-29-19-7-5-18(23)6-8-19/h2-8,15H,9-14,16H2,1H3. The van der Waals surface area contributed by atoms with Crippen molar-refractivity contribution < 1.29 is 13.9 Å². The van der Waals surface area contributed by atoms with Crippen molar-refractivity contribution in [2.45, 2.75) is 13.0 Å². The number of piperazine rings is 1. The van der Waals surface area contributed by atoms with E-state index in [1.165, 1.54) is 29.2 Å². The zero-order valence-electron chi connectivity index (χ0n) is 17.0. The van der Waals surface area contributed by atoms with Crippen LogP contribution >= 0.6 is 11.5 Å². The molecule has 1 aliphatic heterocycles. The summed E-state index contributed by atoms with van der Waals surface area (Å²) in [7, 11) is 1.70. The van der Waals surface area contributed by atoms with Crippen molar-refractivity contribution in [1.82, 2.24) is 14.3 Å². The number of anilines is 1. The van der Waals surface area contributed by atoms with Gasteiger partial charge in [-0.05, 0) is 48.4 Å². The number of benzene rings is 2. The zero-order valence-corrected chi connectivity index (χ0v) is 17.8. The summed E-state index contributed by atoms with van der Waals surface area (Å²) in [6, 6.07) is 14.2. The van der Waals surface area contributed by atoms with Gasteiger partial charge in [-0.1, -0.05) is 12.1 Å². The summed E-state index contributed by atoms with van der Waals surface area (Å²) in [6.07, 6.45) is 1.01. The summed E-state index contributed by atoms with van der Waals surface area (Å²) in [4.78, 5) is 9.37. The number of halogens is 1. The Labute approximate surface area is 180 Å². The molecule has 0 atom stereocenters. The molecular weight excluding hydrogens is 403 g/mol. The number of hydrogen-bond donors (Lipinski definition) is 0. The normalized spacial score (nSPS) is 14.7. The van der Waals surface area contributed by atoms with Gasteiger partial charge in [-0.3, -0.25) is 4.90 Å². The minimum absolute atomic E-state index is 0.279. The van der Waals surface area contributed by atoms with Crippen LogP contribution in [0.2, 0.25) is 0 Å². The largest absolute Gasteiger partial charge is 0.497 e. The summed E-state index contributed by atoms with van der Waals surface area (Å²) in [6.45, 7) is 5.20. The van der Waals surface area contributed by atoms with E-state index in [0.717, 1.165) is 50.0 Å². The lowest BCUT2D eigenvalue weighted by Gasteiger charge is -2.34. The molecule has 4 rings (SSSR count). The minimum Gasteiger partial charge on any atom is -0.497 e. The molecule has 3 aromatic rings. The van der Waals surface area contributed by atoms with E-state index in [-0.39, 0.29) is 12.4 Å². The highest BCUT2D eigenvalue weighted by atomic mass is 32.1. The third-order valence-electron chi connectivity index (χ3n) is 5.13. The number of rotatable bonds is 8. The average molecular weight is 429 g/mol. The zero-order chi connectivity index (χ0) is 20.8. The van der Waals surface area contributed by atoms with E-state index in [0.29, 0.717) is 11.6 Å². The quantitative estimate of drug-likeness (QED) is 0.546. The fourth-order valence-electron chi connectivity index (χ4n) is 3.39. The Morgan fingerprint density at radius 3 is 2.60 bits per heavy atom. The van der Waals surface area contributed by atoms with Gasteiger partial charge in [0.1, 0.15) is 23.9 Å². The number of ether oxygens (including phenoxy) is 2. The molecule has 1 fully saturated rings. The molecule has 1 aromatic heterocycles. The van der Waals surface area contributed by atoms with Crippen molar-refractivity contribution in [2.24, 2.45) is 0 Å². The van der Waals surface area contributed by atoms with E-state index >= 15 is 0 Å². The van der Waals surface area contributed by atoms with Gasteiger partial charge in [-0.2, -0.15) is 9.36 Å². The molecule has 30 heavy (non-hydrogen) atoms. The molecule has 0 aliphatic carbocycles. The Kier molecular flexibility index (Phi) is 6.76. The first-order valence-corrected chi connectivity index (χ1v) is 10.8. The van der Waals surface area contributed by atoms with Crippen LogP contribution in [0, 0.1) is 5.82 Å². The van der Waals surface area contributed by atoms with Gasteiger partial charge in [0, 0.05) is 44.3 Å². The van der Waals surface area contributed by atoms with E-state index in [1.54, 1.807) is 19.2 Å². The van der Waals surface area contributed by atoms with Crippen LogP contribution in [0.15, 0.2) is 48.5 Å². The molecule has 2 heterocycles. The molecular formula is C22H25FN4O2S. The van der Waals surface area contributed by atoms with Gasteiger partial charge >= 0.3 is 0 Å². The van der Waals surface area contributed by atoms with Gasteiger partial charge in [0.2, 0.25) is 5.13 Å². The van der Waals surface area contributed by atoms with E-state index in [4.69, 9.17) is 9.47 Å². The maximum Gasteiger partial charge on any atom is 0.205 e. The molecule has 0 radical (unpaired) electrons. The highest BCUT2D eigenvalue weighted by molar-refractivity contribution is 7.09. The van der Waals surface area contributed by atoms with Crippen LogP contribution in [0.5, 0.6) is 11.5 Å². The second kappa shape index (κ2) is 9.86. The van der Waals surface area contributed by atoms with Crippen molar-refractivity contribution in [1.29, 1.82) is 0 Å². The lowest BCUT2D eigenvalue weighted by molar-refractivity contribution is 0.260. The van der Waals surface area contributed by atoms with Crippen molar-refractivity contribution >= 4 is 16.7 Å². The third-order valence-corrected chi connectivity index (χ3v) is 5.95. The molecule has 0 unspecified atom stereocenters. The van der Waals surface area contributed by atoms with Gasteiger partial charge in [0.15, 0.2) is 5.82 Å². The lowest BCUT2D eigenvalue weighted by atomic mass is 10.1. The third kappa shape index (κ3) is 5.46.